The molecule has 0 saturated heterocycles. The third-order valence-corrected chi connectivity index (χ3v) is 1.47. The summed E-state index contributed by atoms with van der Waals surface area (Å²) < 4.78 is 1.68. The number of aromatic nitrogens is 3. The van der Waals surface area contributed by atoms with Crippen molar-refractivity contribution in [3.8, 4) is 0 Å². The third kappa shape index (κ3) is 0.797. The van der Waals surface area contributed by atoms with Crippen molar-refractivity contribution in [1.29, 1.82) is 0 Å². The number of nitrogens with zero attached hydrogens (tertiary/aromatic N) is 3. The zero-order valence-corrected chi connectivity index (χ0v) is 5.64. The van der Waals surface area contributed by atoms with Crippen molar-refractivity contribution in [2.24, 2.45) is 0 Å². The summed E-state index contributed by atoms with van der Waals surface area (Å²) in [6, 6.07) is 0. The van der Waals surface area contributed by atoms with Gasteiger partial charge in [-0.2, -0.15) is 0 Å². The van der Waals surface area contributed by atoms with E-state index in [-0.39, 0.29) is 0 Å². The molecule has 0 N–H and O–H groups in total. The standard InChI is InChI=1S/C7H5N3O/c11-5-6-3-9-7-4-8-1-2-10(6)7/h1-5H. The SMILES string of the molecule is O=Cc1cnc2cnccn12. The number of hydrogen-bond donors (Lipinski definition) is 0. The van der Waals surface area contributed by atoms with E-state index in [1.54, 1.807) is 23.0 Å². The van der Waals surface area contributed by atoms with Crippen LogP contribution in [0.1, 0.15) is 10.5 Å². The van der Waals surface area contributed by atoms with Gasteiger partial charge < -0.3 is 0 Å². The maximum absolute atomic E-state index is 10.4. The van der Waals surface area contributed by atoms with E-state index < -0.39 is 0 Å². The van der Waals surface area contributed by atoms with Crippen molar-refractivity contribution in [2.45, 2.75) is 0 Å². The number of carbonyl (C=O) groups excluding carboxylic acids is 1. The average Bonchev–Trinajstić information content (AvgIpc) is 2.47. The van der Waals surface area contributed by atoms with Gasteiger partial charge in [0.2, 0.25) is 0 Å². The van der Waals surface area contributed by atoms with E-state index in [2.05, 4.69) is 9.97 Å². The highest BCUT2D eigenvalue weighted by molar-refractivity contribution is 5.73. The molecule has 2 aromatic rings. The van der Waals surface area contributed by atoms with Crippen LogP contribution in [0.15, 0.2) is 24.8 Å². The molecule has 0 unspecified atom stereocenters. The highest BCUT2D eigenvalue weighted by atomic mass is 16.1. The van der Waals surface area contributed by atoms with E-state index in [9.17, 15) is 4.79 Å². The number of carbonyl (C=O) groups is 1. The second-order valence-electron chi connectivity index (χ2n) is 2.11. The first-order valence-electron chi connectivity index (χ1n) is 3.14. The summed E-state index contributed by atoms with van der Waals surface area (Å²) >= 11 is 0. The van der Waals surface area contributed by atoms with Crippen LogP contribution in [0, 0.1) is 0 Å². The first-order chi connectivity index (χ1) is 5.42. The van der Waals surface area contributed by atoms with Gasteiger partial charge in [0.15, 0.2) is 11.9 Å². The summed E-state index contributed by atoms with van der Waals surface area (Å²) in [5, 5.41) is 0. The number of hydrogen-bond acceptors (Lipinski definition) is 3. The Hall–Kier alpha value is -1.71. The Morgan fingerprint density at radius 2 is 2.36 bits per heavy atom. The summed E-state index contributed by atoms with van der Waals surface area (Å²) in [4.78, 5) is 18.2. The molecule has 4 heteroatoms. The number of fused-ring (bicyclic) bond motifs is 1. The van der Waals surface area contributed by atoms with Crippen molar-refractivity contribution in [3.63, 3.8) is 0 Å². The highest BCUT2D eigenvalue weighted by Crippen LogP contribution is 2.00. The van der Waals surface area contributed by atoms with Crippen LogP contribution in [-0.4, -0.2) is 20.7 Å². The molecule has 0 aromatic carbocycles. The fourth-order valence-corrected chi connectivity index (χ4v) is 0.949. The highest BCUT2D eigenvalue weighted by Gasteiger charge is 1.98. The van der Waals surface area contributed by atoms with Gasteiger partial charge >= 0.3 is 0 Å². The van der Waals surface area contributed by atoms with E-state index in [1.807, 2.05) is 0 Å². The van der Waals surface area contributed by atoms with Crippen molar-refractivity contribution >= 4 is 11.9 Å². The molecule has 4 nitrogen and oxygen atoms in total. The Balaban J connectivity index is 2.86. The van der Waals surface area contributed by atoms with E-state index in [0.29, 0.717) is 11.3 Å². The zero-order valence-electron chi connectivity index (χ0n) is 5.64. The predicted molar refractivity (Wildman–Crippen MR) is 38.4 cm³/mol. The minimum absolute atomic E-state index is 0.544. The molecule has 0 fully saturated rings. The lowest BCUT2D eigenvalue weighted by Crippen LogP contribution is -1.89. The fraction of sp³-hybridized carbons (Fsp3) is 0. The summed E-state index contributed by atoms with van der Waals surface area (Å²) in [5.41, 5.74) is 1.23. The maximum Gasteiger partial charge on any atom is 0.168 e. The molecule has 2 rings (SSSR count). The lowest BCUT2D eigenvalue weighted by Gasteiger charge is -1.90. The summed E-state index contributed by atoms with van der Waals surface area (Å²) in [5.74, 6) is 0. The van der Waals surface area contributed by atoms with Gasteiger partial charge in [0.25, 0.3) is 0 Å². The molecular weight excluding hydrogens is 142 g/mol. The topological polar surface area (TPSA) is 47.3 Å². The number of rotatable bonds is 1. The molecule has 0 spiro atoms. The summed E-state index contributed by atoms with van der Waals surface area (Å²) in [6.45, 7) is 0. The molecule has 0 amide bonds. The van der Waals surface area contributed by atoms with Gasteiger partial charge in [-0.1, -0.05) is 0 Å². The Labute approximate surface area is 62.5 Å². The molecule has 0 bridgehead atoms. The van der Waals surface area contributed by atoms with Gasteiger partial charge in [0.05, 0.1) is 12.4 Å². The maximum atomic E-state index is 10.4. The molecule has 11 heavy (non-hydrogen) atoms. The molecule has 2 heterocycles. The molecule has 0 aliphatic rings. The van der Waals surface area contributed by atoms with Crippen molar-refractivity contribution in [2.75, 3.05) is 0 Å². The minimum atomic E-state index is 0.544. The largest absolute Gasteiger partial charge is 0.296 e. The van der Waals surface area contributed by atoms with Gasteiger partial charge in [-0.3, -0.25) is 14.2 Å². The van der Waals surface area contributed by atoms with Crippen molar-refractivity contribution in [1.82, 2.24) is 14.4 Å². The summed E-state index contributed by atoms with van der Waals surface area (Å²) in [7, 11) is 0. The Morgan fingerprint density at radius 1 is 1.45 bits per heavy atom. The lowest BCUT2D eigenvalue weighted by molar-refractivity contribution is 0.111. The van der Waals surface area contributed by atoms with Crippen molar-refractivity contribution in [3.05, 3.63) is 30.5 Å². The zero-order chi connectivity index (χ0) is 7.68. The monoisotopic (exact) mass is 147 g/mol. The second-order valence-corrected chi connectivity index (χ2v) is 2.11. The molecule has 0 saturated carbocycles. The lowest BCUT2D eigenvalue weighted by atomic mass is 10.5. The molecule has 0 radical (unpaired) electrons. The molecule has 0 aliphatic carbocycles. The average molecular weight is 147 g/mol. The minimum Gasteiger partial charge on any atom is -0.296 e. The molecule has 2 aromatic heterocycles. The predicted octanol–water partition coefficient (Wildman–Crippen LogP) is 0.542. The number of imidazole rings is 1. The molecule has 54 valence electrons. The van der Waals surface area contributed by atoms with Gasteiger partial charge in [-0.25, -0.2) is 4.98 Å². The fourth-order valence-electron chi connectivity index (χ4n) is 0.949. The Bertz CT molecular complexity index is 393. The van der Waals surface area contributed by atoms with E-state index in [4.69, 9.17) is 0 Å². The molecule has 0 aliphatic heterocycles. The molecular formula is C7H5N3O. The molecule has 0 atom stereocenters. The van der Waals surface area contributed by atoms with Crippen LogP contribution in [0.25, 0.3) is 5.65 Å². The van der Waals surface area contributed by atoms with Gasteiger partial charge in [-0.05, 0) is 0 Å². The van der Waals surface area contributed by atoms with E-state index in [0.717, 1.165) is 6.29 Å². The van der Waals surface area contributed by atoms with Crippen LogP contribution in [0.3, 0.4) is 0 Å². The van der Waals surface area contributed by atoms with Crippen LogP contribution >= 0.6 is 0 Å². The first-order valence-corrected chi connectivity index (χ1v) is 3.14. The van der Waals surface area contributed by atoms with Crippen LogP contribution in [0.4, 0.5) is 0 Å². The second kappa shape index (κ2) is 2.16. The van der Waals surface area contributed by atoms with Gasteiger partial charge in [0.1, 0.15) is 5.69 Å². The van der Waals surface area contributed by atoms with Gasteiger partial charge in [-0.15, -0.1) is 0 Å². The number of aldehydes is 1. The van der Waals surface area contributed by atoms with E-state index >= 15 is 0 Å². The quantitative estimate of drug-likeness (QED) is 0.553. The Kier molecular flexibility index (Phi) is 1.18. The third-order valence-electron chi connectivity index (χ3n) is 1.47. The first kappa shape index (κ1) is 6.03. The van der Waals surface area contributed by atoms with Gasteiger partial charge in [0, 0.05) is 12.4 Å². The van der Waals surface area contributed by atoms with Crippen LogP contribution < -0.4 is 0 Å². The Morgan fingerprint density at radius 3 is 3.18 bits per heavy atom. The van der Waals surface area contributed by atoms with E-state index in [1.165, 1.54) is 6.20 Å². The smallest absolute Gasteiger partial charge is 0.168 e. The van der Waals surface area contributed by atoms with Crippen LogP contribution in [0.5, 0.6) is 0 Å². The van der Waals surface area contributed by atoms with Crippen molar-refractivity contribution < 1.29 is 4.79 Å². The van der Waals surface area contributed by atoms with Crippen LogP contribution in [-0.2, 0) is 0 Å². The normalized spacial score (nSPS) is 10.2. The summed E-state index contributed by atoms with van der Waals surface area (Å²) in [6.07, 6.45) is 7.20. The van der Waals surface area contributed by atoms with Crippen LogP contribution in [0.2, 0.25) is 0 Å².